The minimum absolute atomic E-state index is 0.0932. The molecule has 26 heavy (non-hydrogen) atoms. The van der Waals surface area contributed by atoms with E-state index in [1.54, 1.807) is 11.6 Å². The first kappa shape index (κ1) is 18.0. The Hall–Kier alpha value is -2.79. The quantitative estimate of drug-likeness (QED) is 0.590. The summed E-state index contributed by atoms with van der Waals surface area (Å²) in [5.41, 5.74) is 2.26. The van der Waals surface area contributed by atoms with Crippen LogP contribution in [0.2, 0.25) is 0 Å². The largest absolute Gasteiger partial charge is 0.326 e. The van der Waals surface area contributed by atoms with Crippen molar-refractivity contribution in [3.05, 3.63) is 41.7 Å². The van der Waals surface area contributed by atoms with Crippen LogP contribution in [0.5, 0.6) is 0 Å². The molecule has 11 heteroatoms. The lowest BCUT2D eigenvalue weighted by Crippen LogP contribution is -2.17. The summed E-state index contributed by atoms with van der Waals surface area (Å²) in [4.78, 5) is 24.0. The Morgan fingerprint density at radius 3 is 2.65 bits per heavy atom. The molecule has 2 heterocycles. The molecule has 0 radical (unpaired) electrons. The van der Waals surface area contributed by atoms with E-state index >= 15 is 0 Å². The fourth-order valence-electron chi connectivity index (χ4n) is 2.01. The molecule has 3 rings (SSSR count). The van der Waals surface area contributed by atoms with Gasteiger partial charge in [-0.2, -0.15) is 0 Å². The maximum atomic E-state index is 12.1. The van der Waals surface area contributed by atoms with Crippen LogP contribution in [-0.2, 0) is 23.1 Å². The van der Waals surface area contributed by atoms with Crippen LogP contribution in [0.4, 0.5) is 10.8 Å². The Kier molecular flexibility index (Phi) is 5.92. The third-order valence-electron chi connectivity index (χ3n) is 3.24. The molecule has 3 aromatic rings. The maximum Gasteiger partial charge on any atom is 0.236 e. The van der Waals surface area contributed by atoms with Gasteiger partial charge in [-0.05, 0) is 12.1 Å². The first-order valence-corrected chi connectivity index (χ1v) is 9.40. The van der Waals surface area contributed by atoms with Crippen LogP contribution in [0.3, 0.4) is 0 Å². The number of carbonyl (C=O) groups is 2. The molecule has 1 aromatic carbocycles. The zero-order valence-corrected chi connectivity index (χ0v) is 15.4. The van der Waals surface area contributed by atoms with E-state index in [0.717, 1.165) is 5.69 Å². The number of anilines is 2. The van der Waals surface area contributed by atoms with E-state index in [-0.39, 0.29) is 24.0 Å². The number of para-hydroxylation sites is 1. The number of carbonyl (C=O) groups excluding carboxylic acids is 2. The van der Waals surface area contributed by atoms with E-state index in [2.05, 4.69) is 31.0 Å². The molecular weight excluding hydrogens is 374 g/mol. The Labute approximate surface area is 157 Å². The molecule has 2 aromatic heterocycles. The number of benzene rings is 1. The van der Waals surface area contributed by atoms with Gasteiger partial charge in [0.05, 0.1) is 12.2 Å². The smallest absolute Gasteiger partial charge is 0.236 e. The minimum Gasteiger partial charge on any atom is -0.326 e. The summed E-state index contributed by atoms with van der Waals surface area (Å²) in [5, 5.41) is 21.9. The molecule has 134 valence electrons. The molecule has 0 unspecified atom stereocenters. The highest BCUT2D eigenvalue weighted by Gasteiger charge is 2.15. The molecule has 0 saturated carbocycles. The van der Waals surface area contributed by atoms with E-state index in [0.29, 0.717) is 16.1 Å². The fraction of sp³-hybridized carbons (Fsp3) is 0.200. The van der Waals surface area contributed by atoms with E-state index in [9.17, 15) is 9.59 Å². The van der Waals surface area contributed by atoms with Crippen molar-refractivity contribution in [2.45, 2.75) is 11.6 Å². The summed E-state index contributed by atoms with van der Waals surface area (Å²) in [7, 11) is 1.76. The van der Waals surface area contributed by atoms with Gasteiger partial charge in [0, 0.05) is 12.7 Å². The Morgan fingerprint density at radius 1 is 1.12 bits per heavy atom. The molecule has 0 bridgehead atoms. The van der Waals surface area contributed by atoms with Gasteiger partial charge >= 0.3 is 0 Å². The number of amides is 2. The predicted molar refractivity (Wildman–Crippen MR) is 99.0 cm³/mol. The van der Waals surface area contributed by atoms with Crippen LogP contribution in [-0.4, -0.2) is 42.5 Å². The van der Waals surface area contributed by atoms with E-state index in [4.69, 9.17) is 0 Å². The molecule has 0 saturated heterocycles. The van der Waals surface area contributed by atoms with Gasteiger partial charge in [-0.25, -0.2) is 0 Å². The average Bonchev–Trinajstić information content (AvgIpc) is 3.25. The highest BCUT2D eigenvalue weighted by molar-refractivity contribution is 7.99. The second kappa shape index (κ2) is 8.54. The van der Waals surface area contributed by atoms with Crippen molar-refractivity contribution in [3.8, 4) is 0 Å². The van der Waals surface area contributed by atoms with Gasteiger partial charge in [0.25, 0.3) is 0 Å². The second-order valence-electron chi connectivity index (χ2n) is 5.13. The standard InChI is InChI=1S/C15H15N7O2S2/c1-22-11(7-12(23)17-10-5-3-2-4-6-10)19-21-15(22)25-8-13(24)18-14-20-16-9-26-14/h2-6,9H,7-8H2,1H3,(H,17,23)(H,18,20,24). The molecule has 0 aliphatic carbocycles. The van der Waals surface area contributed by atoms with Gasteiger partial charge in [0.15, 0.2) is 5.16 Å². The number of aromatic nitrogens is 5. The van der Waals surface area contributed by atoms with E-state index in [1.165, 1.54) is 28.6 Å². The first-order chi connectivity index (χ1) is 12.6. The third-order valence-corrected chi connectivity index (χ3v) is 4.87. The summed E-state index contributed by atoms with van der Waals surface area (Å²) >= 11 is 2.48. The van der Waals surface area contributed by atoms with Gasteiger partial charge in [-0.15, -0.1) is 20.4 Å². The number of hydrogen-bond acceptors (Lipinski definition) is 8. The van der Waals surface area contributed by atoms with Crippen LogP contribution in [0.15, 0.2) is 41.0 Å². The zero-order valence-electron chi connectivity index (χ0n) is 13.7. The second-order valence-corrected chi connectivity index (χ2v) is 6.91. The van der Waals surface area contributed by atoms with Crippen molar-refractivity contribution in [2.24, 2.45) is 7.05 Å². The number of nitrogens with one attached hydrogen (secondary N) is 2. The summed E-state index contributed by atoms with van der Waals surface area (Å²) < 4.78 is 1.70. The van der Waals surface area contributed by atoms with Crippen molar-refractivity contribution < 1.29 is 9.59 Å². The number of rotatable bonds is 7. The van der Waals surface area contributed by atoms with Crippen LogP contribution in [0.25, 0.3) is 0 Å². The lowest BCUT2D eigenvalue weighted by Gasteiger charge is -2.05. The SMILES string of the molecule is Cn1c(CC(=O)Nc2ccccc2)nnc1SCC(=O)Nc1nncs1. The third kappa shape index (κ3) is 4.86. The van der Waals surface area contributed by atoms with E-state index in [1.807, 2.05) is 30.3 Å². The minimum atomic E-state index is -0.210. The fourth-order valence-corrected chi connectivity index (χ4v) is 3.20. The van der Waals surface area contributed by atoms with Crippen molar-refractivity contribution in [1.29, 1.82) is 0 Å². The maximum absolute atomic E-state index is 12.1. The van der Waals surface area contributed by atoms with Gasteiger partial charge in [-0.3, -0.25) is 14.9 Å². The summed E-state index contributed by atoms with van der Waals surface area (Å²) in [5.74, 6) is 0.280. The lowest BCUT2D eigenvalue weighted by molar-refractivity contribution is -0.116. The van der Waals surface area contributed by atoms with Crippen LogP contribution in [0.1, 0.15) is 5.82 Å². The predicted octanol–water partition coefficient (Wildman–Crippen LogP) is 1.58. The molecule has 2 amide bonds. The highest BCUT2D eigenvalue weighted by atomic mass is 32.2. The molecule has 2 N–H and O–H groups in total. The highest BCUT2D eigenvalue weighted by Crippen LogP contribution is 2.17. The van der Waals surface area contributed by atoms with Crippen LogP contribution < -0.4 is 10.6 Å². The molecule has 0 aliphatic rings. The Morgan fingerprint density at radius 2 is 1.92 bits per heavy atom. The number of nitrogens with zero attached hydrogens (tertiary/aromatic N) is 5. The van der Waals surface area contributed by atoms with Crippen molar-refractivity contribution in [3.63, 3.8) is 0 Å². The van der Waals surface area contributed by atoms with Crippen molar-refractivity contribution in [1.82, 2.24) is 25.0 Å². The monoisotopic (exact) mass is 389 g/mol. The summed E-state index contributed by atoms with van der Waals surface area (Å²) in [6.07, 6.45) is 0.0932. The first-order valence-electron chi connectivity index (χ1n) is 7.54. The number of hydrogen-bond donors (Lipinski definition) is 2. The summed E-state index contributed by atoms with van der Waals surface area (Å²) in [6, 6.07) is 9.20. The molecular formula is C15H15N7O2S2. The Bertz CT molecular complexity index is 881. The van der Waals surface area contributed by atoms with Crippen LogP contribution in [0, 0.1) is 0 Å². The van der Waals surface area contributed by atoms with Gasteiger partial charge in [-0.1, -0.05) is 41.3 Å². The van der Waals surface area contributed by atoms with E-state index < -0.39 is 0 Å². The normalized spacial score (nSPS) is 10.5. The molecule has 0 fully saturated rings. The van der Waals surface area contributed by atoms with Gasteiger partial charge < -0.3 is 9.88 Å². The van der Waals surface area contributed by atoms with Crippen molar-refractivity contribution in [2.75, 3.05) is 16.4 Å². The topological polar surface area (TPSA) is 115 Å². The van der Waals surface area contributed by atoms with Crippen LogP contribution >= 0.6 is 23.1 Å². The van der Waals surface area contributed by atoms with Gasteiger partial charge in [0.2, 0.25) is 16.9 Å². The lowest BCUT2D eigenvalue weighted by atomic mass is 10.3. The van der Waals surface area contributed by atoms with Crippen molar-refractivity contribution >= 4 is 45.7 Å². The number of thioether (sulfide) groups is 1. The average molecular weight is 389 g/mol. The molecule has 0 aliphatic heterocycles. The summed E-state index contributed by atoms with van der Waals surface area (Å²) in [6.45, 7) is 0. The van der Waals surface area contributed by atoms with Gasteiger partial charge in [0.1, 0.15) is 11.3 Å². The molecule has 0 spiro atoms. The molecule has 0 atom stereocenters. The zero-order chi connectivity index (χ0) is 18.4. The molecule has 9 nitrogen and oxygen atoms in total. The Balaban J connectivity index is 1.52.